The van der Waals surface area contributed by atoms with Crippen molar-refractivity contribution < 1.29 is 4.74 Å². The summed E-state index contributed by atoms with van der Waals surface area (Å²) < 4.78 is 5.34. The zero-order chi connectivity index (χ0) is 8.81. The van der Waals surface area contributed by atoms with Gasteiger partial charge in [-0.3, -0.25) is 0 Å². The van der Waals surface area contributed by atoms with Crippen LogP contribution in [-0.2, 0) is 0 Å². The average molecular weight is 166 g/mol. The number of pyridine rings is 1. The van der Waals surface area contributed by atoms with Gasteiger partial charge in [0.15, 0.2) is 0 Å². The molecule has 0 aliphatic heterocycles. The Balaban J connectivity index is 2.41. The first-order valence-corrected chi connectivity index (χ1v) is 4.17. The maximum absolute atomic E-state index is 5.54. The number of nitrogens with zero attached hydrogens (tertiary/aromatic N) is 1. The summed E-state index contributed by atoms with van der Waals surface area (Å²) in [7, 11) is 0. The number of hydrogen-bond acceptors (Lipinski definition) is 3. The predicted octanol–water partition coefficient (Wildman–Crippen LogP) is 1.84. The van der Waals surface area contributed by atoms with E-state index >= 15 is 0 Å². The van der Waals surface area contributed by atoms with E-state index in [1.807, 2.05) is 0 Å². The molecule has 1 aromatic heterocycles. The Morgan fingerprint density at radius 2 is 2.42 bits per heavy atom. The first-order chi connectivity index (χ1) is 5.83. The molecule has 0 radical (unpaired) electrons. The molecule has 0 unspecified atom stereocenters. The summed E-state index contributed by atoms with van der Waals surface area (Å²) in [6.45, 7) is 2.84. The van der Waals surface area contributed by atoms with Crippen LogP contribution in [0.25, 0.3) is 0 Å². The first kappa shape index (κ1) is 8.84. The fourth-order valence-corrected chi connectivity index (χ4v) is 0.825. The molecule has 0 saturated carbocycles. The average Bonchev–Trinajstić information content (AvgIpc) is 2.05. The molecule has 1 aromatic rings. The van der Waals surface area contributed by atoms with Gasteiger partial charge < -0.3 is 10.5 Å². The summed E-state index contributed by atoms with van der Waals surface area (Å²) in [6, 6.07) is 3.47. The van der Waals surface area contributed by atoms with E-state index in [0.29, 0.717) is 18.2 Å². The van der Waals surface area contributed by atoms with Gasteiger partial charge in [0.25, 0.3) is 0 Å². The second kappa shape index (κ2) is 4.59. The van der Waals surface area contributed by atoms with Crippen LogP contribution in [0.3, 0.4) is 0 Å². The second-order valence-electron chi connectivity index (χ2n) is 2.63. The summed E-state index contributed by atoms with van der Waals surface area (Å²) in [4.78, 5) is 4.01. The molecule has 0 aliphatic carbocycles. The van der Waals surface area contributed by atoms with E-state index in [1.54, 1.807) is 18.3 Å². The maximum atomic E-state index is 5.54. The highest BCUT2D eigenvalue weighted by atomic mass is 16.5. The summed E-state index contributed by atoms with van der Waals surface area (Å²) in [5, 5.41) is 0. The van der Waals surface area contributed by atoms with Crippen molar-refractivity contribution in [1.29, 1.82) is 0 Å². The molecule has 0 fully saturated rings. The van der Waals surface area contributed by atoms with Crippen molar-refractivity contribution in [2.75, 3.05) is 12.3 Å². The molecule has 0 atom stereocenters. The zero-order valence-electron chi connectivity index (χ0n) is 7.29. The van der Waals surface area contributed by atoms with Gasteiger partial charge in [-0.15, -0.1) is 0 Å². The minimum absolute atomic E-state index is 0.614. The predicted molar refractivity (Wildman–Crippen MR) is 49.1 cm³/mol. The lowest BCUT2D eigenvalue weighted by atomic mass is 10.4. The monoisotopic (exact) mass is 166 g/mol. The number of nitrogens with two attached hydrogens (primary N) is 1. The molecule has 0 aromatic carbocycles. The number of nitrogen functional groups attached to an aromatic ring is 1. The lowest BCUT2D eigenvalue weighted by Crippen LogP contribution is -1.98. The van der Waals surface area contributed by atoms with Crippen molar-refractivity contribution in [3.8, 4) is 5.88 Å². The SMILES string of the molecule is CCCCOc1cc(N)ccn1. The third kappa shape index (κ3) is 2.78. The van der Waals surface area contributed by atoms with E-state index in [1.165, 1.54) is 0 Å². The van der Waals surface area contributed by atoms with Crippen molar-refractivity contribution in [1.82, 2.24) is 4.98 Å². The third-order valence-electron chi connectivity index (χ3n) is 1.51. The van der Waals surface area contributed by atoms with Crippen molar-refractivity contribution in [3.63, 3.8) is 0 Å². The van der Waals surface area contributed by atoms with Gasteiger partial charge in [0.1, 0.15) is 0 Å². The van der Waals surface area contributed by atoms with Crippen LogP contribution in [-0.4, -0.2) is 11.6 Å². The standard InChI is InChI=1S/C9H14N2O/c1-2-3-6-12-9-7-8(10)4-5-11-9/h4-5,7H,2-3,6H2,1H3,(H2,10,11). The third-order valence-corrected chi connectivity index (χ3v) is 1.51. The first-order valence-electron chi connectivity index (χ1n) is 4.17. The molecule has 3 heteroatoms. The molecule has 0 saturated heterocycles. The molecule has 12 heavy (non-hydrogen) atoms. The van der Waals surface area contributed by atoms with Crippen LogP contribution >= 0.6 is 0 Å². The summed E-state index contributed by atoms with van der Waals surface area (Å²) in [6.07, 6.45) is 3.83. The summed E-state index contributed by atoms with van der Waals surface area (Å²) in [5.41, 5.74) is 6.23. The molecular weight excluding hydrogens is 152 g/mol. The largest absolute Gasteiger partial charge is 0.478 e. The fraction of sp³-hybridized carbons (Fsp3) is 0.444. The lowest BCUT2D eigenvalue weighted by molar-refractivity contribution is 0.298. The normalized spacial score (nSPS) is 9.75. The Kier molecular flexibility index (Phi) is 3.38. The molecule has 2 N–H and O–H groups in total. The number of aromatic nitrogens is 1. The molecule has 0 spiro atoms. The Labute approximate surface area is 72.6 Å². The van der Waals surface area contributed by atoms with Crippen LogP contribution in [0.15, 0.2) is 18.3 Å². The number of rotatable bonds is 4. The Morgan fingerprint density at radius 3 is 3.08 bits per heavy atom. The van der Waals surface area contributed by atoms with Gasteiger partial charge in [0, 0.05) is 18.0 Å². The van der Waals surface area contributed by atoms with Crippen LogP contribution in [0.2, 0.25) is 0 Å². The van der Waals surface area contributed by atoms with Gasteiger partial charge >= 0.3 is 0 Å². The van der Waals surface area contributed by atoms with Crippen molar-refractivity contribution in [2.24, 2.45) is 0 Å². The Morgan fingerprint density at radius 1 is 1.58 bits per heavy atom. The maximum Gasteiger partial charge on any atom is 0.215 e. The minimum Gasteiger partial charge on any atom is -0.478 e. The summed E-state index contributed by atoms with van der Waals surface area (Å²) >= 11 is 0. The molecule has 1 rings (SSSR count). The van der Waals surface area contributed by atoms with E-state index < -0.39 is 0 Å². The van der Waals surface area contributed by atoms with Crippen LogP contribution in [0, 0.1) is 0 Å². The van der Waals surface area contributed by atoms with Gasteiger partial charge in [-0.05, 0) is 12.5 Å². The number of hydrogen-bond donors (Lipinski definition) is 1. The molecule has 0 aliphatic rings. The van der Waals surface area contributed by atoms with Crippen molar-refractivity contribution in [2.45, 2.75) is 19.8 Å². The van der Waals surface area contributed by atoms with Crippen LogP contribution in [0.5, 0.6) is 5.88 Å². The van der Waals surface area contributed by atoms with Crippen molar-refractivity contribution in [3.05, 3.63) is 18.3 Å². The van der Waals surface area contributed by atoms with E-state index in [9.17, 15) is 0 Å². The molecule has 0 bridgehead atoms. The summed E-state index contributed by atoms with van der Waals surface area (Å²) in [5.74, 6) is 0.614. The van der Waals surface area contributed by atoms with Crippen LogP contribution < -0.4 is 10.5 Å². The quantitative estimate of drug-likeness (QED) is 0.694. The Hall–Kier alpha value is -1.25. The van der Waals surface area contributed by atoms with Gasteiger partial charge in [-0.25, -0.2) is 4.98 Å². The number of ether oxygens (including phenoxy) is 1. The molecular formula is C9H14N2O. The second-order valence-corrected chi connectivity index (χ2v) is 2.63. The number of anilines is 1. The minimum atomic E-state index is 0.614. The van der Waals surface area contributed by atoms with Crippen LogP contribution in [0.1, 0.15) is 19.8 Å². The number of unbranched alkanes of at least 4 members (excludes halogenated alkanes) is 1. The van der Waals surface area contributed by atoms with Gasteiger partial charge in [-0.1, -0.05) is 13.3 Å². The van der Waals surface area contributed by atoms with E-state index in [4.69, 9.17) is 10.5 Å². The van der Waals surface area contributed by atoms with Crippen molar-refractivity contribution >= 4 is 5.69 Å². The van der Waals surface area contributed by atoms with Crippen LogP contribution in [0.4, 0.5) is 5.69 Å². The van der Waals surface area contributed by atoms with Gasteiger partial charge in [-0.2, -0.15) is 0 Å². The highest BCUT2D eigenvalue weighted by Gasteiger charge is 1.93. The highest BCUT2D eigenvalue weighted by Crippen LogP contribution is 2.10. The topological polar surface area (TPSA) is 48.1 Å². The molecule has 66 valence electrons. The lowest BCUT2D eigenvalue weighted by Gasteiger charge is -2.03. The fourth-order valence-electron chi connectivity index (χ4n) is 0.825. The van der Waals surface area contributed by atoms with E-state index in [0.717, 1.165) is 12.8 Å². The van der Waals surface area contributed by atoms with E-state index in [2.05, 4.69) is 11.9 Å². The Bertz CT molecular complexity index is 238. The molecule has 0 amide bonds. The highest BCUT2D eigenvalue weighted by molar-refractivity contribution is 5.39. The van der Waals surface area contributed by atoms with Gasteiger partial charge in [0.2, 0.25) is 5.88 Å². The zero-order valence-corrected chi connectivity index (χ0v) is 7.29. The van der Waals surface area contributed by atoms with Gasteiger partial charge in [0.05, 0.1) is 6.61 Å². The molecule has 3 nitrogen and oxygen atoms in total. The molecule has 1 heterocycles. The van der Waals surface area contributed by atoms with E-state index in [-0.39, 0.29) is 0 Å². The smallest absolute Gasteiger partial charge is 0.215 e.